The molecule has 15 heavy (non-hydrogen) atoms. The molecule has 0 atom stereocenters. The summed E-state index contributed by atoms with van der Waals surface area (Å²) < 4.78 is 0. The van der Waals surface area contributed by atoms with Gasteiger partial charge in [0.2, 0.25) is 0 Å². The first-order chi connectivity index (χ1) is 7.20. The summed E-state index contributed by atoms with van der Waals surface area (Å²) in [5, 5.41) is 8.41. The number of carboxylic acids is 1. The molecule has 0 spiro atoms. The predicted octanol–water partition coefficient (Wildman–Crippen LogP) is 2.33. The van der Waals surface area contributed by atoms with Crippen molar-refractivity contribution in [3.8, 4) is 0 Å². The van der Waals surface area contributed by atoms with E-state index < -0.39 is 5.97 Å². The molecule has 0 saturated heterocycles. The summed E-state index contributed by atoms with van der Waals surface area (Å²) in [5.74, 6) is -0.567. The van der Waals surface area contributed by atoms with Crippen LogP contribution in [0.25, 0.3) is 0 Å². The highest BCUT2D eigenvalue weighted by atomic mass is 16.4. The van der Waals surface area contributed by atoms with E-state index in [2.05, 4.69) is 0 Å². The fraction of sp³-hybridized carbons (Fsp3) is 0.500. The van der Waals surface area contributed by atoms with Crippen LogP contribution in [-0.2, 0) is 9.59 Å². The molecule has 82 valence electrons. The van der Waals surface area contributed by atoms with Crippen LogP contribution < -0.4 is 0 Å². The van der Waals surface area contributed by atoms with Crippen LogP contribution in [0.15, 0.2) is 24.3 Å². The van der Waals surface area contributed by atoms with Gasteiger partial charge in [0, 0.05) is 12.8 Å². The topological polar surface area (TPSA) is 54.4 Å². The summed E-state index contributed by atoms with van der Waals surface area (Å²) in [6, 6.07) is 0. The third kappa shape index (κ3) is 4.58. The lowest BCUT2D eigenvalue weighted by Crippen LogP contribution is -2.07. The zero-order valence-electron chi connectivity index (χ0n) is 8.69. The van der Waals surface area contributed by atoms with Gasteiger partial charge in [0.05, 0.1) is 5.92 Å². The van der Waals surface area contributed by atoms with Crippen LogP contribution in [0.5, 0.6) is 0 Å². The van der Waals surface area contributed by atoms with Crippen molar-refractivity contribution < 1.29 is 14.7 Å². The maximum absolute atomic E-state index is 11.5. The molecule has 3 nitrogen and oxygen atoms in total. The first-order valence-electron chi connectivity index (χ1n) is 5.29. The van der Waals surface area contributed by atoms with E-state index in [1.807, 2.05) is 24.3 Å². The number of carbonyl (C=O) groups excluding carboxylic acids is 1. The standard InChI is InChI=1S/C12H16O3/c13-11(10-6-4-5-7-10)8-2-1-3-9-12(14)15/h4-7,10H,1-3,8-9H2,(H,14,15). The molecule has 3 heteroatoms. The number of carbonyl (C=O) groups is 2. The first-order valence-corrected chi connectivity index (χ1v) is 5.29. The molecule has 1 aliphatic carbocycles. The van der Waals surface area contributed by atoms with Crippen LogP contribution in [0.1, 0.15) is 32.1 Å². The highest BCUT2D eigenvalue weighted by Crippen LogP contribution is 2.14. The monoisotopic (exact) mass is 208 g/mol. The minimum absolute atomic E-state index is 0.0375. The highest BCUT2D eigenvalue weighted by molar-refractivity contribution is 5.85. The molecule has 0 fully saturated rings. The Morgan fingerprint density at radius 2 is 1.60 bits per heavy atom. The zero-order chi connectivity index (χ0) is 11.1. The third-order valence-corrected chi connectivity index (χ3v) is 2.43. The Balaban J connectivity index is 2.05. The van der Waals surface area contributed by atoms with E-state index >= 15 is 0 Å². The zero-order valence-corrected chi connectivity index (χ0v) is 8.69. The molecule has 0 amide bonds. The van der Waals surface area contributed by atoms with Crippen molar-refractivity contribution in [2.75, 3.05) is 0 Å². The van der Waals surface area contributed by atoms with Gasteiger partial charge in [0.25, 0.3) is 0 Å². The number of aliphatic carboxylic acids is 1. The van der Waals surface area contributed by atoms with Crippen LogP contribution in [0.3, 0.4) is 0 Å². The Bertz CT molecular complexity index is 277. The third-order valence-electron chi connectivity index (χ3n) is 2.43. The lowest BCUT2D eigenvalue weighted by atomic mass is 10.0. The van der Waals surface area contributed by atoms with E-state index in [4.69, 9.17) is 5.11 Å². The molecule has 0 aromatic carbocycles. The van der Waals surface area contributed by atoms with Gasteiger partial charge in [-0.25, -0.2) is 0 Å². The van der Waals surface area contributed by atoms with E-state index in [0.29, 0.717) is 12.8 Å². The van der Waals surface area contributed by atoms with Gasteiger partial charge in [-0.05, 0) is 12.8 Å². The smallest absolute Gasteiger partial charge is 0.303 e. The second kappa shape index (κ2) is 6.17. The SMILES string of the molecule is O=C(O)CCCCCC(=O)C1C=CC=C1. The number of carboxylic acid groups (broad SMARTS) is 1. The summed E-state index contributed by atoms with van der Waals surface area (Å²) in [6.07, 6.45) is 10.6. The van der Waals surface area contributed by atoms with Crippen LogP contribution >= 0.6 is 0 Å². The van der Waals surface area contributed by atoms with Gasteiger partial charge in [-0.1, -0.05) is 30.7 Å². The maximum Gasteiger partial charge on any atom is 0.303 e. The summed E-state index contributed by atoms with van der Waals surface area (Å²) >= 11 is 0. The minimum atomic E-state index is -0.761. The van der Waals surface area contributed by atoms with E-state index in [1.54, 1.807) is 0 Å². The number of allylic oxidation sites excluding steroid dienone is 4. The number of hydrogen-bond acceptors (Lipinski definition) is 2. The van der Waals surface area contributed by atoms with E-state index in [1.165, 1.54) is 0 Å². The van der Waals surface area contributed by atoms with Crippen molar-refractivity contribution in [3.05, 3.63) is 24.3 Å². The normalized spacial score (nSPS) is 14.7. The number of hydrogen-bond donors (Lipinski definition) is 1. The van der Waals surface area contributed by atoms with Gasteiger partial charge in [0.1, 0.15) is 5.78 Å². The Hall–Kier alpha value is -1.38. The molecule has 1 rings (SSSR count). The minimum Gasteiger partial charge on any atom is -0.481 e. The molecule has 0 unspecified atom stereocenters. The molecule has 1 aliphatic rings. The lowest BCUT2D eigenvalue weighted by molar-refractivity contribution is -0.137. The van der Waals surface area contributed by atoms with Gasteiger partial charge in [-0.2, -0.15) is 0 Å². The van der Waals surface area contributed by atoms with Crippen molar-refractivity contribution in [3.63, 3.8) is 0 Å². The average Bonchev–Trinajstić information content (AvgIpc) is 2.69. The largest absolute Gasteiger partial charge is 0.481 e. The van der Waals surface area contributed by atoms with Gasteiger partial charge >= 0.3 is 5.97 Å². The Morgan fingerprint density at radius 3 is 2.20 bits per heavy atom. The number of rotatable bonds is 7. The summed E-state index contributed by atoms with van der Waals surface area (Å²) in [7, 11) is 0. The Labute approximate surface area is 89.5 Å². The predicted molar refractivity (Wildman–Crippen MR) is 57.5 cm³/mol. The molecular weight excluding hydrogens is 192 g/mol. The molecule has 0 aromatic rings. The lowest BCUT2D eigenvalue weighted by Gasteiger charge is -2.03. The molecule has 0 bridgehead atoms. The number of unbranched alkanes of at least 4 members (excludes halogenated alkanes) is 2. The van der Waals surface area contributed by atoms with Crippen molar-refractivity contribution in [2.45, 2.75) is 32.1 Å². The maximum atomic E-state index is 11.5. The quantitative estimate of drug-likeness (QED) is 0.653. The van der Waals surface area contributed by atoms with Crippen molar-refractivity contribution in [1.29, 1.82) is 0 Å². The summed E-state index contributed by atoms with van der Waals surface area (Å²) in [6.45, 7) is 0. The van der Waals surface area contributed by atoms with Crippen molar-refractivity contribution >= 4 is 11.8 Å². The fourth-order valence-corrected chi connectivity index (χ4v) is 1.57. The fourth-order valence-electron chi connectivity index (χ4n) is 1.57. The van der Waals surface area contributed by atoms with E-state index in [0.717, 1.165) is 12.8 Å². The molecular formula is C12H16O3. The van der Waals surface area contributed by atoms with Crippen LogP contribution in [0, 0.1) is 5.92 Å². The van der Waals surface area contributed by atoms with Gasteiger partial charge in [0.15, 0.2) is 0 Å². The molecule has 0 aromatic heterocycles. The van der Waals surface area contributed by atoms with E-state index in [-0.39, 0.29) is 18.1 Å². The van der Waals surface area contributed by atoms with Gasteiger partial charge in [-0.3, -0.25) is 9.59 Å². The first kappa shape index (κ1) is 11.7. The Kier molecular flexibility index (Phi) is 4.81. The summed E-state index contributed by atoms with van der Waals surface area (Å²) in [4.78, 5) is 21.7. The molecule has 0 radical (unpaired) electrons. The second-order valence-electron chi connectivity index (χ2n) is 3.72. The van der Waals surface area contributed by atoms with E-state index in [9.17, 15) is 9.59 Å². The van der Waals surface area contributed by atoms with Crippen molar-refractivity contribution in [2.24, 2.45) is 5.92 Å². The summed E-state index contributed by atoms with van der Waals surface area (Å²) in [5.41, 5.74) is 0. The van der Waals surface area contributed by atoms with Crippen LogP contribution in [0.4, 0.5) is 0 Å². The molecule has 0 heterocycles. The second-order valence-corrected chi connectivity index (χ2v) is 3.72. The van der Waals surface area contributed by atoms with Crippen LogP contribution in [0.2, 0.25) is 0 Å². The van der Waals surface area contributed by atoms with Gasteiger partial charge in [-0.15, -0.1) is 0 Å². The van der Waals surface area contributed by atoms with Gasteiger partial charge < -0.3 is 5.11 Å². The molecule has 0 aliphatic heterocycles. The number of Topliss-reactive ketones (excluding diaryl/α,β-unsaturated/α-hetero) is 1. The van der Waals surface area contributed by atoms with Crippen LogP contribution in [-0.4, -0.2) is 16.9 Å². The molecule has 1 N–H and O–H groups in total. The number of ketones is 1. The van der Waals surface area contributed by atoms with Crippen molar-refractivity contribution in [1.82, 2.24) is 0 Å². The average molecular weight is 208 g/mol. The highest BCUT2D eigenvalue weighted by Gasteiger charge is 2.13. The molecule has 0 saturated carbocycles. The Morgan fingerprint density at radius 1 is 1.00 bits per heavy atom.